The van der Waals surface area contributed by atoms with Crippen LogP contribution in [0.3, 0.4) is 0 Å². The van der Waals surface area contributed by atoms with E-state index in [1.54, 1.807) is 25.3 Å². The van der Waals surface area contributed by atoms with E-state index in [0.29, 0.717) is 16.5 Å². The number of ether oxygens (including phenoxy) is 1. The highest BCUT2D eigenvalue weighted by Gasteiger charge is 2.39. The monoisotopic (exact) mass is 274 g/mol. The Bertz CT molecular complexity index is 397. The second kappa shape index (κ2) is 5.15. The van der Waals surface area contributed by atoms with E-state index in [4.69, 9.17) is 27.9 Å². The lowest BCUT2D eigenvalue weighted by Gasteiger charge is -2.41. The van der Waals surface area contributed by atoms with Crippen molar-refractivity contribution in [1.82, 2.24) is 0 Å². The van der Waals surface area contributed by atoms with Gasteiger partial charge >= 0.3 is 0 Å². The van der Waals surface area contributed by atoms with Crippen molar-refractivity contribution in [2.75, 3.05) is 7.11 Å². The van der Waals surface area contributed by atoms with Crippen LogP contribution in [0.15, 0.2) is 18.2 Å². The lowest BCUT2D eigenvalue weighted by atomic mass is 9.75. The van der Waals surface area contributed by atoms with Crippen LogP contribution in [-0.2, 0) is 4.74 Å². The third kappa shape index (κ3) is 2.76. The molecule has 2 rings (SSSR count). The predicted octanol–water partition coefficient (Wildman–Crippen LogP) is 3.99. The van der Waals surface area contributed by atoms with Gasteiger partial charge in [-0.2, -0.15) is 0 Å². The van der Waals surface area contributed by atoms with Crippen LogP contribution < -0.4 is 0 Å². The van der Waals surface area contributed by atoms with Crippen molar-refractivity contribution in [1.29, 1.82) is 0 Å². The van der Waals surface area contributed by atoms with Gasteiger partial charge in [-0.05, 0) is 37.0 Å². The van der Waals surface area contributed by atoms with E-state index < -0.39 is 6.10 Å². The van der Waals surface area contributed by atoms with Gasteiger partial charge in [0.1, 0.15) is 0 Å². The second-order valence-corrected chi connectivity index (χ2v) is 5.45. The molecule has 0 heterocycles. The SMILES string of the molecule is COC1(CC(O)c2ccc(Cl)c(Cl)c2)CCC1. The molecule has 1 N–H and O–H groups in total. The summed E-state index contributed by atoms with van der Waals surface area (Å²) in [6, 6.07) is 5.24. The molecule has 1 saturated carbocycles. The fourth-order valence-electron chi connectivity index (χ4n) is 2.25. The molecule has 1 aromatic rings. The van der Waals surface area contributed by atoms with Gasteiger partial charge in [-0.25, -0.2) is 0 Å². The summed E-state index contributed by atoms with van der Waals surface area (Å²) in [6.45, 7) is 0. The number of aliphatic hydroxyl groups is 1. The van der Waals surface area contributed by atoms with Crippen molar-refractivity contribution in [3.05, 3.63) is 33.8 Å². The minimum absolute atomic E-state index is 0.147. The van der Waals surface area contributed by atoms with Crippen LogP contribution in [-0.4, -0.2) is 17.8 Å². The van der Waals surface area contributed by atoms with Crippen LogP contribution in [0, 0.1) is 0 Å². The zero-order chi connectivity index (χ0) is 12.5. The van der Waals surface area contributed by atoms with E-state index >= 15 is 0 Å². The molecule has 4 heteroatoms. The van der Waals surface area contributed by atoms with E-state index in [1.807, 2.05) is 0 Å². The summed E-state index contributed by atoms with van der Waals surface area (Å²) in [4.78, 5) is 0. The van der Waals surface area contributed by atoms with Crippen LogP contribution in [0.1, 0.15) is 37.4 Å². The molecule has 1 unspecified atom stereocenters. The molecule has 1 fully saturated rings. The highest BCUT2D eigenvalue weighted by atomic mass is 35.5. The third-order valence-corrected chi connectivity index (χ3v) is 4.33. The molecule has 0 radical (unpaired) electrons. The molecule has 0 aliphatic heterocycles. The first-order chi connectivity index (χ1) is 8.06. The zero-order valence-corrected chi connectivity index (χ0v) is 11.3. The quantitative estimate of drug-likeness (QED) is 0.900. The normalized spacial score (nSPS) is 19.8. The van der Waals surface area contributed by atoms with Crippen LogP contribution in [0.5, 0.6) is 0 Å². The van der Waals surface area contributed by atoms with Gasteiger partial charge < -0.3 is 9.84 Å². The Morgan fingerprint density at radius 2 is 2.06 bits per heavy atom. The van der Waals surface area contributed by atoms with Crippen molar-refractivity contribution >= 4 is 23.2 Å². The minimum Gasteiger partial charge on any atom is -0.388 e. The molecule has 1 aliphatic carbocycles. The van der Waals surface area contributed by atoms with E-state index in [0.717, 1.165) is 18.4 Å². The summed E-state index contributed by atoms with van der Waals surface area (Å²) in [5.74, 6) is 0. The molecule has 1 aromatic carbocycles. The summed E-state index contributed by atoms with van der Waals surface area (Å²) in [5, 5.41) is 11.2. The summed E-state index contributed by atoms with van der Waals surface area (Å²) in [5.41, 5.74) is 0.647. The number of aliphatic hydroxyl groups excluding tert-OH is 1. The lowest BCUT2D eigenvalue weighted by Crippen LogP contribution is -2.40. The first-order valence-corrected chi connectivity index (χ1v) is 6.50. The van der Waals surface area contributed by atoms with Crippen molar-refractivity contribution in [3.63, 3.8) is 0 Å². The molecule has 0 bridgehead atoms. The van der Waals surface area contributed by atoms with Gasteiger partial charge in [0.15, 0.2) is 0 Å². The number of benzene rings is 1. The molecule has 17 heavy (non-hydrogen) atoms. The average molecular weight is 275 g/mol. The average Bonchev–Trinajstić information content (AvgIpc) is 2.27. The van der Waals surface area contributed by atoms with Crippen molar-refractivity contribution < 1.29 is 9.84 Å². The first kappa shape index (κ1) is 13.2. The standard InChI is InChI=1S/C13H16Cl2O2/c1-17-13(5-2-6-13)8-12(16)9-3-4-10(14)11(15)7-9/h3-4,7,12,16H,2,5-6,8H2,1H3. The van der Waals surface area contributed by atoms with Gasteiger partial charge in [-0.15, -0.1) is 0 Å². The Kier molecular flexibility index (Phi) is 3.99. The van der Waals surface area contributed by atoms with Gasteiger partial charge in [0.05, 0.1) is 21.8 Å². The van der Waals surface area contributed by atoms with E-state index in [9.17, 15) is 5.11 Å². The first-order valence-electron chi connectivity index (χ1n) is 5.74. The maximum absolute atomic E-state index is 10.2. The Balaban J connectivity index is 2.08. The molecular formula is C13H16Cl2O2. The Hall–Kier alpha value is -0.280. The number of halogens is 2. The number of hydrogen-bond donors (Lipinski definition) is 1. The Morgan fingerprint density at radius 3 is 2.53 bits per heavy atom. The van der Waals surface area contributed by atoms with Crippen LogP contribution in [0.4, 0.5) is 0 Å². The minimum atomic E-state index is -0.551. The van der Waals surface area contributed by atoms with Crippen LogP contribution in [0.25, 0.3) is 0 Å². The fraction of sp³-hybridized carbons (Fsp3) is 0.538. The molecule has 1 aliphatic rings. The lowest BCUT2D eigenvalue weighted by molar-refractivity contribution is -0.0999. The van der Waals surface area contributed by atoms with E-state index in [2.05, 4.69) is 0 Å². The van der Waals surface area contributed by atoms with Crippen LogP contribution >= 0.6 is 23.2 Å². The molecular weight excluding hydrogens is 259 g/mol. The number of hydrogen-bond acceptors (Lipinski definition) is 2. The van der Waals surface area contributed by atoms with E-state index in [-0.39, 0.29) is 5.60 Å². The maximum Gasteiger partial charge on any atom is 0.0818 e. The Labute approximate surface area is 111 Å². The molecule has 94 valence electrons. The molecule has 2 nitrogen and oxygen atoms in total. The van der Waals surface area contributed by atoms with Gasteiger partial charge in [0.2, 0.25) is 0 Å². The highest BCUT2D eigenvalue weighted by Crippen LogP contribution is 2.42. The summed E-state index contributed by atoms with van der Waals surface area (Å²) < 4.78 is 5.50. The van der Waals surface area contributed by atoms with Crippen molar-refractivity contribution in [3.8, 4) is 0 Å². The Morgan fingerprint density at radius 1 is 1.35 bits per heavy atom. The van der Waals surface area contributed by atoms with Gasteiger partial charge in [0, 0.05) is 13.5 Å². The number of rotatable bonds is 4. The van der Waals surface area contributed by atoms with Crippen molar-refractivity contribution in [2.24, 2.45) is 0 Å². The molecule has 0 saturated heterocycles. The van der Waals surface area contributed by atoms with Crippen LogP contribution in [0.2, 0.25) is 10.0 Å². The summed E-state index contributed by atoms with van der Waals surface area (Å²) in [7, 11) is 1.71. The highest BCUT2D eigenvalue weighted by molar-refractivity contribution is 6.42. The predicted molar refractivity (Wildman–Crippen MR) is 69.6 cm³/mol. The zero-order valence-electron chi connectivity index (χ0n) is 9.75. The van der Waals surface area contributed by atoms with Crippen molar-refractivity contribution in [2.45, 2.75) is 37.4 Å². The molecule has 0 amide bonds. The molecule has 1 atom stereocenters. The third-order valence-electron chi connectivity index (χ3n) is 3.59. The van der Waals surface area contributed by atoms with Gasteiger partial charge in [0.25, 0.3) is 0 Å². The summed E-state index contributed by atoms with van der Waals surface area (Å²) >= 11 is 11.8. The molecule has 0 spiro atoms. The number of methoxy groups -OCH3 is 1. The largest absolute Gasteiger partial charge is 0.388 e. The topological polar surface area (TPSA) is 29.5 Å². The fourth-order valence-corrected chi connectivity index (χ4v) is 2.56. The second-order valence-electron chi connectivity index (χ2n) is 4.63. The smallest absolute Gasteiger partial charge is 0.0818 e. The van der Waals surface area contributed by atoms with Gasteiger partial charge in [-0.1, -0.05) is 29.3 Å². The molecule has 0 aromatic heterocycles. The van der Waals surface area contributed by atoms with Gasteiger partial charge in [-0.3, -0.25) is 0 Å². The summed E-state index contributed by atoms with van der Waals surface area (Å²) in [6.07, 6.45) is 3.26. The van der Waals surface area contributed by atoms with E-state index in [1.165, 1.54) is 6.42 Å². The maximum atomic E-state index is 10.2.